The Morgan fingerprint density at radius 3 is 2.21 bits per heavy atom. The molecule has 0 saturated heterocycles. The lowest BCUT2D eigenvalue weighted by molar-refractivity contribution is 0.227. The van der Waals surface area contributed by atoms with Crippen molar-refractivity contribution in [2.24, 2.45) is 11.3 Å². The summed E-state index contributed by atoms with van der Waals surface area (Å²) in [5.41, 5.74) is 0.366. The second-order valence-corrected chi connectivity index (χ2v) is 5.60. The van der Waals surface area contributed by atoms with Crippen molar-refractivity contribution in [2.75, 3.05) is 19.6 Å². The lowest BCUT2D eigenvalue weighted by atomic mass is 9.92. The van der Waals surface area contributed by atoms with Crippen molar-refractivity contribution in [1.82, 2.24) is 4.90 Å². The maximum atomic E-state index is 8.69. The van der Waals surface area contributed by atoms with Crippen molar-refractivity contribution < 1.29 is 0 Å². The van der Waals surface area contributed by atoms with E-state index in [2.05, 4.69) is 45.6 Å². The van der Waals surface area contributed by atoms with Gasteiger partial charge >= 0.3 is 0 Å². The highest BCUT2D eigenvalue weighted by atomic mass is 15.1. The van der Waals surface area contributed by atoms with Gasteiger partial charge in [0, 0.05) is 6.54 Å². The molecule has 0 bridgehead atoms. The molecule has 0 unspecified atom stereocenters. The van der Waals surface area contributed by atoms with Crippen molar-refractivity contribution in [3.05, 3.63) is 0 Å². The third-order valence-electron chi connectivity index (χ3n) is 2.10. The van der Waals surface area contributed by atoms with Gasteiger partial charge in [0.15, 0.2) is 0 Å². The fraction of sp³-hybridized carbons (Fsp3) is 0.917. The molecule has 0 fully saturated rings. The summed E-state index contributed by atoms with van der Waals surface area (Å²) in [6, 6.07) is 2.24. The highest BCUT2D eigenvalue weighted by Crippen LogP contribution is 2.18. The average Bonchev–Trinajstić information content (AvgIpc) is 1.98. The van der Waals surface area contributed by atoms with E-state index in [-0.39, 0.29) is 0 Å². The van der Waals surface area contributed by atoms with Crippen molar-refractivity contribution in [2.45, 2.75) is 41.0 Å². The maximum absolute atomic E-state index is 8.69. The van der Waals surface area contributed by atoms with E-state index < -0.39 is 0 Å². The molecule has 0 atom stereocenters. The Bertz CT molecular complexity index is 183. The molecule has 0 aliphatic rings. The Balaban J connectivity index is 3.92. The first kappa shape index (κ1) is 13.4. The van der Waals surface area contributed by atoms with Crippen LogP contribution in [0, 0.1) is 22.7 Å². The zero-order chi connectivity index (χ0) is 11.2. The van der Waals surface area contributed by atoms with E-state index in [0.29, 0.717) is 17.9 Å². The average molecular weight is 196 g/mol. The standard InChI is InChI=1S/C12H24N2/c1-11(2)10-14(9-7-13)8-6-12(3,4)5/h11H,6,8-10H2,1-5H3. The van der Waals surface area contributed by atoms with Crippen LogP contribution in [0.25, 0.3) is 0 Å². The van der Waals surface area contributed by atoms with Crippen LogP contribution in [0.15, 0.2) is 0 Å². The minimum absolute atomic E-state index is 0.366. The van der Waals surface area contributed by atoms with Gasteiger partial charge in [-0.25, -0.2) is 0 Å². The van der Waals surface area contributed by atoms with Crippen molar-refractivity contribution >= 4 is 0 Å². The lowest BCUT2D eigenvalue weighted by Gasteiger charge is -2.26. The maximum Gasteiger partial charge on any atom is 0.0866 e. The quantitative estimate of drug-likeness (QED) is 0.632. The van der Waals surface area contributed by atoms with Crippen molar-refractivity contribution in [1.29, 1.82) is 5.26 Å². The van der Waals surface area contributed by atoms with Crippen LogP contribution in [0.3, 0.4) is 0 Å². The van der Waals surface area contributed by atoms with Gasteiger partial charge in [0.25, 0.3) is 0 Å². The zero-order valence-electron chi connectivity index (χ0n) is 10.3. The van der Waals surface area contributed by atoms with Gasteiger partial charge in [0.05, 0.1) is 12.6 Å². The molecule has 2 nitrogen and oxygen atoms in total. The summed E-state index contributed by atoms with van der Waals surface area (Å²) in [7, 11) is 0. The normalized spacial score (nSPS) is 12.1. The molecule has 0 heterocycles. The zero-order valence-corrected chi connectivity index (χ0v) is 10.3. The van der Waals surface area contributed by atoms with Gasteiger partial charge < -0.3 is 0 Å². The second-order valence-electron chi connectivity index (χ2n) is 5.60. The first-order valence-electron chi connectivity index (χ1n) is 5.44. The molecule has 0 amide bonds. The summed E-state index contributed by atoms with van der Waals surface area (Å²) in [4.78, 5) is 2.25. The number of hydrogen-bond donors (Lipinski definition) is 0. The summed E-state index contributed by atoms with van der Waals surface area (Å²) in [6.07, 6.45) is 1.15. The molecule has 0 aromatic rings. The van der Waals surface area contributed by atoms with Crippen LogP contribution in [-0.2, 0) is 0 Å². The molecule has 0 saturated carbocycles. The minimum atomic E-state index is 0.366. The SMILES string of the molecule is CC(C)CN(CC#N)CCC(C)(C)C. The Morgan fingerprint density at radius 1 is 1.29 bits per heavy atom. The number of hydrogen-bond acceptors (Lipinski definition) is 2. The Morgan fingerprint density at radius 2 is 1.86 bits per heavy atom. The summed E-state index contributed by atoms with van der Waals surface area (Å²) in [5.74, 6) is 0.642. The molecule has 0 spiro atoms. The lowest BCUT2D eigenvalue weighted by Crippen LogP contribution is -2.31. The molecule has 14 heavy (non-hydrogen) atoms. The monoisotopic (exact) mass is 196 g/mol. The van der Waals surface area contributed by atoms with Gasteiger partial charge in [-0.3, -0.25) is 4.90 Å². The van der Waals surface area contributed by atoms with Crippen LogP contribution in [-0.4, -0.2) is 24.5 Å². The Labute approximate surface area is 88.9 Å². The predicted molar refractivity (Wildman–Crippen MR) is 61.0 cm³/mol. The molecule has 0 aromatic carbocycles. The van der Waals surface area contributed by atoms with Gasteiger partial charge in [-0.15, -0.1) is 0 Å². The molecule has 0 rings (SSSR count). The number of nitrogens with zero attached hydrogens (tertiary/aromatic N) is 2. The van der Waals surface area contributed by atoms with E-state index in [1.54, 1.807) is 0 Å². The summed E-state index contributed by atoms with van der Waals surface area (Å²) in [5, 5.41) is 8.69. The summed E-state index contributed by atoms with van der Waals surface area (Å²) in [6.45, 7) is 13.8. The van der Waals surface area contributed by atoms with Crippen LogP contribution in [0.4, 0.5) is 0 Å². The van der Waals surface area contributed by atoms with Crippen molar-refractivity contribution in [3.63, 3.8) is 0 Å². The third-order valence-corrected chi connectivity index (χ3v) is 2.10. The highest BCUT2D eigenvalue weighted by Gasteiger charge is 2.13. The van der Waals surface area contributed by atoms with Gasteiger partial charge in [0.1, 0.15) is 0 Å². The Kier molecular flexibility index (Phi) is 5.79. The first-order chi connectivity index (χ1) is 6.35. The molecule has 0 aromatic heterocycles. The van der Waals surface area contributed by atoms with Crippen LogP contribution < -0.4 is 0 Å². The Hall–Kier alpha value is -0.550. The van der Waals surface area contributed by atoms with Gasteiger partial charge in [-0.2, -0.15) is 5.26 Å². The minimum Gasteiger partial charge on any atom is -0.290 e. The van der Waals surface area contributed by atoms with Crippen LogP contribution in [0.5, 0.6) is 0 Å². The topological polar surface area (TPSA) is 27.0 Å². The van der Waals surface area contributed by atoms with Gasteiger partial charge in [-0.1, -0.05) is 34.6 Å². The molecule has 0 aliphatic heterocycles. The number of rotatable bonds is 5. The molecular formula is C12H24N2. The second kappa shape index (κ2) is 6.03. The van der Waals surface area contributed by atoms with E-state index in [0.717, 1.165) is 19.5 Å². The molecular weight excluding hydrogens is 172 g/mol. The van der Waals surface area contributed by atoms with Crippen LogP contribution in [0.1, 0.15) is 41.0 Å². The molecule has 0 aliphatic carbocycles. The summed E-state index contributed by atoms with van der Waals surface area (Å²) < 4.78 is 0. The fourth-order valence-corrected chi connectivity index (χ4v) is 1.34. The van der Waals surface area contributed by atoms with Gasteiger partial charge in [-0.05, 0) is 24.3 Å². The molecule has 0 radical (unpaired) electrons. The predicted octanol–water partition coefficient (Wildman–Crippen LogP) is 2.90. The van der Waals surface area contributed by atoms with E-state index in [1.807, 2.05) is 0 Å². The summed E-state index contributed by atoms with van der Waals surface area (Å²) >= 11 is 0. The van der Waals surface area contributed by atoms with Gasteiger partial charge in [0.2, 0.25) is 0 Å². The van der Waals surface area contributed by atoms with Crippen molar-refractivity contribution in [3.8, 4) is 6.07 Å². The van der Waals surface area contributed by atoms with E-state index >= 15 is 0 Å². The number of nitriles is 1. The molecule has 2 heteroatoms. The first-order valence-corrected chi connectivity index (χ1v) is 5.44. The van der Waals surface area contributed by atoms with Crippen LogP contribution >= 0.6 is 0 Å². The van der Waals surface area contributed by atoms with E-state index in [9.17, 15) is 0 Å². The molecule has 82 valence electrons. The van der Waals surface area contributed by atoms with Crippen LogP contribution in [0.2, 0.25) is 0 Å². The van der Waals surface area contributed by atoms with E-state index in [1.165, 1.54) is 0 Å². The van der Waals surface area contributed by atoms with E-state index in [4.69, 9.17) is 5.26 Å². The smallest absolute Gasteiger partial charge is 0.0866 e. The highest BCUT2D eigenvalue weighted by molar-refractivity contribution is 4.78. The largest absolute Gasteiger partial charge is 0.290 e. The fourth-order valence-electron chi connectivity index (χ4n) is 1.34. The third kappa shape index (κ3) is 8.07. The molecule has 0 N–H and O–H groups in total.